The minimum absolute atomic E-state index is 0.674. The second-order valence-electron chi connectivity index (χ2n) is 4.47. The molecule has 0 radical (unpaired) electrons. The summed E-state index contributed by atoms with van der Waals surface area (Å²) in [7, 11) is 2.62. The van der Waals surface area contributed by atoms with Gasteiger partial charge in [-0.15, -0.1) is 0 Å². The molecule has 0 spiro atoms. The molecular weight excluding hydrogens is 248 g/mol. The van der Waals surface area contributed by atoms with Gasteiger partial charge < -0.3 is 18.0 Å². The molecule has 0 fully saturated rings. The summed E-state index contributed by atoms with van der Waals surface area (Å²) in [6, 6.07) is 0.878. The third kappa shape index (κ3) is 8.00. The van der Waals surface area contributed by atoms with E-state index in [2.05, 4.69) is 6.58 Å². The zero-order valence-corrected chi connectivity index (χ0v) is 13.3. The van der Waals surface area contributed by atoms with E-state index in [0.29, 0.717) is 6.61 Å². The minimum atomic E-state index is -2.35. The zero-order chi connectivity index (χ0) is 13.9. The number of rotatable bonds is 12. The average molecular weight is 276 g/mol. The first-order valence-electron chi connectivity index (χ1n) is 6.48. The largest absolute Gasteiger partial charge is 0.500 e. The van der Waals surface area contributed by atoms with Crippen LogP contribution >= 0.6 is 0 Å². The molecule has 0 atom stereocenters. The van der Waals surface area contributed by atoms with Crippen molar-refractivity contribution in [1.82, 2.24) is 0 Å². The van der Waals surface area contributed by atoms with Crippen molar-refractivity contribution in [2.24, 2.45) is 0 Å². The van der Waals surface area contributed by atoms with E-state index in [0.717, 1.165) is 43.9 Å². The van der Waals surface area contributed by atoms with Crippen molar-refractivity contribution in [3.05, 3.63) is 12.2 Å². The van der Waals surface area contributed by atoms with Crippen LogP contribution in [0.5, 0.6) is 0 Å². The molecule has 0 saturated heterocycles. The monoisotopic (exact) mass is 276 g/mol. The number of unbranched alkanes of at least 4 members (excludes halogenated alkanes) is 3. The summed E-state index contributed by atoms with van der Waals surface area (Å²) >= 11 is 0. The van der Waals surface area contributed by atoms with Crippen LogP contribution < -0.4 is 0 Å². The predicted molar refractivity (Wildman–Crippen MR) is 75.7 cm³/mol. The van der Waals surface area contributed by atoms with Crippen LogP contribution in [-0.2, 0) is 18.0 Å². The van der Waals surface area contributed by atoms with E-state index in [9.17, 15) is 0 Å². The Morgan fingerprint density at radius 3 is 2.00 bits per heavy atom. The molecule has 0 rings (SSSR count). The Morgan fingerprint density at radius 1 is 0.944 bits per heavy atom. The summed E-state index contributed by atoms with van der Waals surface area (Å²) in [5.74, 6) is 0. The Hall–Kier alpha value is -0.203. The van der Waals surface area contributed by atoms with Gasteiger partial charge in [0.05, 0.1) is 6.61 Å². The summed E-state index contributed by atoms with van der Waals surface area (Å²) in [5.41, 5.74) is 1.08. The van der Waals surface area contributed by atoms with Crippen LogP contribution in [0.1, 0.15) is 32.6 Å². The van der Waals surface area contributed by atoms with Crippen molar-refractivity contribution in [2.45, 2.75) is 38.7 Å². The van der Waals surface area contributed by atoms with Crippen LogP contribution in [0.25, 0.3) is 0 Å². The fourth-order valence-electron chi connectivity index (χ4n) is 1.70. The van der Waals surface area contributed by atoms with E-state index in [1.807, 2.05) is 6.92 Å². The summed E-state index contributed by atoms with van der Waals surface area (Å²) in [6.07, 6.45) is 4.48. The van der Waals surface area contributed by atoms with Crippen LogP contribution in [0.3, 0.4) is 0 Å². The van der Waals surface area contributed by atoms with Gasteiger partial charge in [0.15, 0.2) is 0 Å². The normalized spacial score (nSPS) is 11.8. The van der Waals surface area contributed by atoms with E-state index in [4.69, 9.17) is 18.0 Å². The highest BCUT2D eigenvalue weighted by atomic mass is 28.4. The molecule has 108 valence electrons. The second kappa shape index (κ2) is 10.7. The van der Waals surface area contributed by atoms with Crippen molar-refractivity contribution in [3.8, 4) is 0 Å². The first-order chi connectivity index (χ1) is 8.60. The number of hydrogen-bond donors (Lipinski definition) is 0. The Kier molecular flexibility index (Phi) is 10.6. The summed E-state index contributed by atoms with van der Waals surface area (Å²) in [4.78, 5) is 0. The van der Waals surface area contributed by atoms with Crippen molar-refractivity contribution >= 4 is 8.80 Å². The Morgan fingerprint density at radius 2 is 1.50 bits per heavy atom. The molecule has 0 aromatic heterocycles. The first kappa shape index (κ1) is 17.8. The Labute approximate surface area is 113 Å². The smallest absolute Gasteiger partial charge is 0.377 e. The summed E-state index contributed by atoms with van der Waals surface area (Å²) in [5, 5.41) is 0. The molecule has 0 bridgehead atoms. The zero-order valence-electron chi connectivity index (χ0n) is 12.3. The summed E-state index contributed by atoms with van der Waals surface area (Å²) in [6.45, 7) is 7.26. The van der Waals surface area contributed by atoms with Gasteiger partial charge in [0.25, 0.3) is 0 Å². The predicted octanol–water partition coefficient (Wildman–Crippen LogP) is 3.02. The maximum absolute atomic E-state index is 5.44. The van der Waals surface area contributed by atoms with E-state index in [1.165, 1.54) is 0 Å². The quantitative estimate of drug-likeness (QED) is 0.312. The second-order valence-corrected chi connectivity index (χ2v) is 7.56. The molecule has 0 aliphatic carbocycles. The average Bonchev–Trinajstić information content (AvgIpc) is 2.38. The lowest BCUT2D eigenvalue weighted by molar-refractivity contribution is 0.122. The minimum Gasteiger partial charge on any atom is -0.377 e. The van der Waals surface area contributed by atoms with Crippen molar-refractivity contribution < 1.29 is 18.0 Å². The Bertz CT molecular complexity index is 209. The molecule has 5 heteroatoms. The lowest BCUT2D eigenvalue weighted by atomic mass is 10.2. The van der Waals surface area contributed by atoms with Crippen molar-refractivity contribution in [2.75, 3.05) is 34.5 Å². The third-order valence-corrected chi connectivity index (χ3v) is 5.64. The number of hydrogen-bond acceptors (Lipinski definition) is 4. The van der Waals surface area contributed by atoms with Crippen LogP contribution in [-0.4, -0.2) is 43.3 Å². The highest BCUT2D eigenvalue weighted by Crippen LogP contribution is 2.17. The van der Waals surface area contributed by atoms with Crippen LogP contribution in [0.15, 0.2) is 12.2 Å². The molecule has 0 aromatic carbocycles. The molecule has 0 heterocycles. The van der Waals surface area contributed by atoms with Gasteiger partial charge in [-0.2, -0.15) is 0 Å². The van der Waals surface area contributed by atoms with Gasteiger partial charge in [-0.3, -0.25) is 0 Å². The molecule has 0 aliphatic heterocycles. The van der Waals surface area contributed by atoms with Crippen LogP contribution in [0.4, 0.5) is 0 Å². The molecular formula is C13H28O4Si. The molecule has 0 aromatic rings. The molecule has 0 aliphatic rings. The lowest BCUT2D eigenvalue weighted by Gasteiger charge is -2.24. The van der Waals surface area contributed by atoms with Gasteiger partial charge in [-0.1, -0.05) is 25.0 Å². The molecule has 0 amide bonds. The molecule has 0 unspecified atom stereocenters. The van der Waals surface area contributed by atoms with E-state index >= 15 is 0 Å². The molecule has 0 N–H and O–H groups in total. The standard InChI is InChI=1S/C13H28O4Si/c1-13(2)12-17-10-8-6-7-9-11-18(14-3,15-4)16-5/h1,6-12H2,2-5H3. The third-order valence-electron chi connectivity index (χ3n) is 2.80. The molecule has 0 saturated carbocycles. The van der Waals surface area contributed by atoms with E-state index < -0.39 is 8.80 Å². The topological polar surface area (TPSA) is 36.9 Å². The van der Waals surface area contributed by atoms with E-state index in [1.54, 1.807) is 21.3 Å². The van der Waals surface area contributed by atoms with Gasteiger partial charge >= 0.3 is 8.80 Å². The Balaban J connectivity index is 3.47. The highest BCUT2D eigenvalue weighted by Gasteiger charge is 2.36. The maximum Gasteiger partial charge on any atom is 0.500 e. The van der Waals surface area contributed by atoms with E-state index in [-0.39, 0.29) is 0 Å². The van der Waals surface area contributed by atoms with Crippen molar-refractivity contribution in [3.63, 3.8) is 0 Å². The fraction of sp³-hybridized carbons (Fsp3) is 0.846. The first-order valence-corrected chi connectivity index (χ1v) is 8.41. The van der Waals surface area contributed by atoms with Gasteiger partial charge in [-0.25, -0.2) is 0 Å². The maximum atomic E-state index is 5.44. The van der Waals surface area contributed by atoms with Crippen LogP contribution in [0.2, 0.25) is 6.04 Å². The number of ether oxygens (including phenoxy) is 1. The molecule has 18 heavy (non-hydrogen) atoms. The molecule has 4 nitrogen and oxygen atoms in total. The van der Waals surface area contributed by atoms with Gasteiger partial charge in [-0.05, 0) is 19.8 Å². The van der Waals surface area contributed by atoms with Gasteiger partial charge in [0.1, 0.15) is 0 Å². The van der Waals surface area contributed by atoms with Gasteiger partial charge in [0, 0.05) is 34.0 Å². The fourth-order valence-corrected chi connectivity index (χ4v) is 3.50. The summed E-state index contributed by atoms with van der Waals surface area (Å²) < 4.78 is 21.5. The SMILES string of the molecule is C=C(C)COCCCCCC[Si](OC)(OC)OC. The highest BCUT2D eigenvalue weighted by molar-refractivity contribution is 6.60. The lowest BCUT2D eigenvalue weighted by Crippen LogP contribution is -2.42. The van der Waals surface area contributed by atoms with Crippen molar-refractivity contribution in [1.29, 1.82) is 0 Å². The van der Waals surface area contributed by atoms with Gasteiger partial charge in [0.2, 0.25) is 0 Å². The van der Waals surface area contributed by atoms with Crippen LogP contribution in [0, 0.1) is 0 Å².